The lowest BCUT2D eigenvalue weighted by molar-refractivity contribution is 1.11. The molecule has 1 rings (SSSR count). The highest BCUT2D eigenvalue weighted by molar-refractivity contribution is 14.1. The van der Waals surface area contributed by atoms with E-state index >= 15 is 0 Å². The molecule has 0 atom stereocenters. The van der Waals surface area contributed by atoms with Crippen LogP contribution in [0.4, 0.5) is 0 Å². The second-order valence-electron chi connectivity index (χ2n) is 2.55. The van der Waals surface area contributed by atoms with Gasteiger partial charge in [0.15, 0.2) is 0 Å². The van der Waals surface area contributed by atoms with Gasteiger partial charge in [0.25, 0.3) is 0 Å². The summed E-state index contributed by atoms with van der Waals surface area (Å²) in [6.45, 7) is 4.35. The maximum atomic E-state index is 2.40. The van der Waals surface area contributed by atoms with Crippen LogP contribution in [-0.2, 0) is 6.42 Å². The van der Waals surface area contributed by atoms with Crippen LogP contribution in [0.25, 0.3) is 0 Å². The van der Waals surface area contributed by atoms with Gasteiger partial charge in [0.2, 0.25) is 0 Å². The number of rotatable bonds is 1. The molecule has 1 aromatic carbocycles. The Hall–Kier alpha value is 0.680. The zero-order valence-corrected chi connectivity index (χ0v) is 10.9. The molecule has 1 aromatic rings. The van der Waals surface area contributed by atoms with Crippen molar-refractivity contribution in [2.24, 2.45) is 0 Å². The first-order chi connectivity index (χ1) is 5.15. The van der Waals surface area contributed by atoms with Gasteiger partial charge in [0, 0.05) is 7.14 Å². The molecule has 0 aliphatic rings. The second-order valence-corrected chi connectivity index (χ2v) is 4.87. The van der Waals surface area contributed by atoms with Crippen molar-refractivity contribution in [3.8, 4) is 0 Å². The van der Waals surface area contributed by atoms with Crippen molar-refractivity contribution in [1.29, 1.82) is 0 Å². The third-order valence-electron chi connectivity index (χ3n) is 1.71. The summed E-state index contributed by atoms with van der Waals surface area (Å²) in [6.07, 6.45) is 1.13. The Morgan fingerprint density at radius 2 is 1.82 bits per heavy atom. The Morgan fingerprint density at radius 3 is 2.36 bits per heavy atom. The van der Waals surface area contributed by atoms with Crippen LogP contribution in [0.3, 0.4) is 0 Å². The minimum Gasteiger partial charge on any atom is -0.0613 e. The summed E-state index contributed by atoms with van der Waals surface area (Å²) in [5.41, 5.74) is 2.84. The molecular formula is C9H10I2. The van der Waals surface area contributed by atoms with E-state index in [-0.39, 0.29) is 0 Å². The van der Waals surface area contributed by atoms with Gasteiger partial charge in [0.1, 0.15) is 0 Å². The molecule has 11 heavy (non-hydrogen) atoms. The molecule has 0 N–H and O–H groups in total. The predicted octanol–water partition coefficient (Wildman–Crippen LogP) is 3.77. The first kappa shape index (κ1) is 9.77. The summed E-state index contributed by atoms with van der Waals surface area (Å²) in [7, 11) is 0. The molecule has 0 radical (unpaired) electrons. The van der Waals surface area contributed by atoms with Crippen molar-refractivity contribution in [3.05, 3.63) is 30.4 Å². The zero-order valence-electron chi connectivity index (χ0n) is 6.62. The smallest absolute Gasteiger partial charge is 0.0165 e. The highest BCUT2D eigenvalue weighted by Crippen LogP contribution is 2.20. The van der Waals surface area contributed by atoms with E-state index in [2.05, 4.69) is 71.2 Å². The molecule has 0 fully saturated rings. The van der Waals surface area contributed by atoms with Crippen molar-refractivity contribution in [1.82, 2.24) is 0 Å². The summed E-state index contributed by atoms with van der Waals surface area (Å²) in [5.74, 6) is 0. The summed E-state index contributed by atoms with van der Waals surface area (Å²) < 4.78 is 2.77. The van der Waals surface area contributed by atoms with Crippen LogP contribution in [0.15, 0.2) is 12.1 Å². The molecule has 0 bridgehead atoms. The SMILES string of the molecule is CCc1cc(I)c(C)cc1I. The van der Waals surface area contributed by atoms with E-state index in [9.17, 15) is 0 Å². The molecule has 0 heterocycles. The molecular weight excluding hydrogens is 362 g/mol. The lowest BCUT2D eigenvalue weighted by Gasteiger charge is -2.04. The Balaban J connectivity index is 3.21. The zero-order chi connectivity index (χ0) is 8.43. The van der Waals surface area contributed by atoms with Crippen molar-refractivity contribution in [2.45, 2.75) is 20.3 Å². The van der Waals surface area contributed by atoms with Gasteiger partial charge in [-0.15, -0.1) is 0 Å². The lowest BCUT2D eigenvalue weighted by Crippen LogP contribution is -1.90. The Labute approximate surface area is 95.0 Å². The van der Waals surface area contributed by atoms with Crippen molar-refractivity contribution in [3.63, 3.8) is 0 Å². The van der Waals surface area contributed by atoms with Crippen molar-refractivity contribution < 1.29 is 0 Å². The van der Waals surface area contributed by atoms with Gasteiger partial charge in [-0.25, -0.2) is 0 Å². The van der Waals surface area contributed by atoms with Crippen LogP contribution in [-0.4, -0.2) is 0 Å². The summed E-state index contributed by atoms with van der Waals surface area (Å²) in [4.78, 5) is 0. The van der Waals surface area contributed by atoms with E-state index in [1.54, 1.807) is 0 Å². The maximum Gasteiger partial charge on any atom is 0.0165 e. The van der Waals surface area contributed by atoms with E-state index in [1.807, 2.05) is 0 Å². The number of benzene rings is 1. The van der Waals surface area contributed by atoms with E-state index < -0.39 is 0 Å². The average molecular weight is 372 g/mol. The molecule has 0 saturated heterocycles. The number of hydrogen-bond donors (Lipinski definition) is 0. The van der Waals surface area contributed by atoms with E-state index in [0.717, 1.165) is 6.42 Å². The largest absolute Gasteiger partial charge is 0.0613 e. The Bertz CT molecular complexity index is 267. The van der Waals surface area contributed by atoms with Crippen molar-refractivity contribution >= 4 is 45.2 Å². The lowest BCUT2D eigenvalue weighted by atomic mass is 10.1. The van der Waals surface area contributed by atoms with Crippen LogP contribution in [0.5, 0.6) is 0 Å². The van der Waals surface area contributed by atoms with Crippen LogP contribution in [0.2, 0.25) is 0 Å². The first-order valence-electron chi connectivity index (χ1n) is 3.59. The van der Waals surface area contributed by atoms with Gasteiger partial charge in [-0.3, -0.25) is 0 Å². The highest BCUT2D eigenvalue weighted by Gasteiger charge is 2.00. The number of halogens is 2. The van der Waals surface area contributed by atoms with Gasteiger partial charge in [-0.1, -0.05) is 6.92 Å². The fourth-order valence-electron chi connectivity index (χ4n) is 0.958. The molecule has 0 aromatic heterocycles. The Kier molecular flexibility index (Phi) is 3.61. The average Bonchev–Trinajstić information content (AvgIpc) is 1.97. The highest BCUT2D eigenvalue weighted by atomic mass is 127. The van der Waals surface area contributed by atoms with E-state index in [4.69, 9.17) is 0 Å². The summed E-state index contributed by atoms with van der Waals surface area (Å²) in [6, 6.07) is 4.53. The van der Waals surface area contributed by atoms with Crippen LogP contribution >= 0.6 is 45.2 Å². The van der Waals surface area contributed by atoms with Crippen molar-refractivity contribution in [2.75, 3.05) is 0 Å². The summed E-state index contributed by atoms with van der Waals surface area (Å²) >= 11 is 4.79. The molecule has 0 amide bonds. The molecule has 2 heteroatoms. The summed E-state index contributed by atoms with van der Waals surface area (Å²) in [5, 5.41) is 0. The molecule has 0 aliphatic heterocycles. The molecule has 0 unspecified atom stereocenters. The minimum atomic E-state index is 1.13. The van der Waals surface area contributed by atoms with Gasteiger partial charge >= 0.3 is 0 Å². The third-order valence-corrected chi connectivity index (χ3v) is 3.87. The third kappa shape index (κ3) is 2.31. The second kappa shape index (κ2) is 4.07. The number of aryl methyl sites for hydroxylation is 2. The minimum absolute atomic E-state index is 1.13. The fourth-order valence-corrected chi connectivity index (χ4v) is 2.49. The molecule has 0 aliphatic carbocycles. The van der Waals surface area contributed by atoms with Gasteiger partial charge in [0.05, 0.1) is 0 Å². The van der Waals surface area contributed by atoms with Gasteiger partial charge in [-0.05, 0) is 81.8 Å². The monoisotopic (exact) mass is 372 g/mol. The standard InChI is InChI=1S/C9H10I2/c1-3-7-5-8(10)6(2)4-9(7)11/h4-5H,3H2,1-2H3. The molecule has 0 saturated carbocycles. The fraction of sp³-hybridized carbons (Fsp3) is 0.333. The molecule has 60 valence electrons. The molecule has 0 spiro atoms. The quantitative estimate of drug-likeness (QED) is 0.659. The topological polar surface area (TPSA) is 0 Å². The Morgan fingerprint density at radius 1 is 1.18 bits per heavy atom. The van der Waals surface area contributed by atoms with Crippen LogP contribution in [0.1, 0.15) is 18.1 Å². The van der Waals surface area contributed by atoms with Crippen LogP contribution < -0.4 is 0 Å². The molecule has 0 nitrogen and oxygen atoms in total. The maximum absolute atomic E-state index is 2.40. The van der Waals surface area contributed by atoms with Gasteiger partial charge < -0.3 is 0 Å². The predicted molar refractivity (Wildman–Crippen MR) is 66.0 cm³/mol. The first-order valence-corrected chi connectivity index (χ1v) is 5.75. The normalized spacial score (nSPS) is 10.2. The van der Waals surface area contributed by atoms with Crippen LogP contribution in [0, 0.1) is 14.1 Å². The van der Waals surface area contributed by atoms with E-state index in [1.165, 1.54) is 18.3 Å². The van der Waals surface area contributed by atoms with E-state index in [0.29, 0.717) is 0 Å². The van der Waals surface area contributed by atoms with Gasteiger partial charge in [-0.2, -0.15) is 0 Å². The number of hydrogen-bond acceptors (Lipinski definition) is 0.